The Balaban J connectivity index is 2.23. The molecule has 0 spiro atoms. The van der Waals surface area contributed by atoms with Crippen molar-refractivity contribution in [2.75, 3.05) is 38.9 Å². The smallest absolute Gasteiger partial charge is 0.246 e. The van der Waals surface area contributed by atoms with Crippen molar-refractivity contribution in [2.45, 2.75) is 38.6 Å². The maximum absolute atomic E-state index is 12.9. The standard InChI is InChI=1S/C19H28N2O5/c1-5-26-12-6-11-20-18(23)19(2)10-9-17(22)21(19)15-13-14(24-3)7-8-16(15)25-4/h7-8,13H,5-6,9-12H2,1-4H3,(H,20,23)/t19-/m0/s1. The largest absolute Gasteiger partial charge is 0.497 e. The lowest BCUT2D eigenvalue weighted by molar-refractivity contribution is -0.127. The topological polar surface area (TPSA) is 77.1 Å². The van der Waals surface area contributed by atoms with Crippen molar-refractivity contribution in [2.24, 2.45) is 0 Å². The zero-order valence-electron chi connectivity index (χ0n) is 16.0. The van der Waals surface area contributed by atoms with Crippen LogP contribution in [-0.2, 0) is 14.3 Å². The molecule has 2 rings (SSSR count). The summed E-state index contributed by atoms with van der Waals surface area (Å²) in [6.07, 6.45) is 1.48. The number of carbonyl (C=O) groups excluding carboxylic acids is 2. The number of methoxy groups -OCH3 is 2. The fourth-order valence-electron chi connectivity index (χ4n) is 3.15. The highest BCUT2D eigenvalue weighted by molar-refractivity contribution is 6.07. The Labute approximate surface area is 154 Å². The molecule has 0 unspecified atom stereocenters. The molecule has 0 bridgehead atoms. The summed E-state index contributed by atoms with van der Waals surface area (Å²) in [5.41, 5.74) is -0.427. The van der Waals surface area contributed by atoms with Gasteiger partial charge in [-0.05, 0) is 38.8 Å². The van der Waals surface area contributed by atoms with Gasteiger partial charge in [0.2, 0.25) is 11.8 Å². The van der Waals surface area contributed by atoms with Crippen molar-refractivity contribution in [3.05, 3.63) is 18.2 Å². The summed E-state index contributed by atoms with van der Waals surface area (Å²) < 4.78 is 16.0. The van der Waals surface area contributed by atoms with Crippen LogP contribution in [0.15, 0.2) is 18.2 Å². The predicted octanol–water partition coefficient (Wildman–Crippen LogP) is 2.13. The normalized spacial score (nSPS) is 19.5. The maximum Gasteiger partial charge on any atom is 0.246 e. The van der Waals surface area contributed by atoms with Crippen LogP contribution >= 0.6 is 0 Å². The molecule has 1 aliphatic rings. The van der Waals surface area contributed by atoms with Gasteiger partial charge in [0.05, 0.1) is 19.9 Å². The van der Waals surface area contributed by atoms with Crippen LogP contribution in [0.2, 0.25) is 0 Å². The minimum absolute atomic E-state index is 0.108. The highest BCUT2D eigenvalue weighted by Gasteiger charge is 2.49. The molecular formula is C19H28N2O5. The molecule has 0 saturated carbocycles. The van der Waals surface area contributed by atoms with Crippen molar-refractivity contribution in [3.63, 3.8) is 0 Å². The van der Waals surface area contributed by atoms with Gasteiger partial charge in [-0.2, -0.15) is 0 Å². The van der Waals surface area contributed by atoms with E-state index >= 15 is 0 Å². The van der Waals surface area contributed by atoms with Crippen LogP contribution < -0.4 is 19.7 Å². The third-order valence-electron chi connectivity index (χ3n) is 4.64. The van der Waals surface area contributed by atoms with E-state index in [2.05, 4.69) is 5.32 Å². The molecule has 7 nitrogen and oxygen atoms in total. The van der Waals surface area contributed by atoms with Crippen molar-refractivity contribution < 1.29 is 23.8 Å². The van der Waals surface area contributed by atoms with Crippen molar-refractivity contribution >= 4 is 17.5 Å². The molecule has 26 heavy (non-hydrogen) atoms. The summed E-state index contributed by atoms with van der Waals surface area (Å²) >= 11 is 0. The average Bonchev–Trinajstić information content (AvgIpc) is 2.96. The number of rotatable bonds is 9. The van der Waals surface area contributed by atoms with E-state index < -0.39 is 5.54 Å². The second-order valence-electron chi connectivity index (χ2n) is 6.35. The SMILES string of the molecule is CCOCCCNC(=O)[C@]1(C)CCC(=O)N1c1cc(OC)ccc1OC. The van der Waals surface area contributed by atoms with E-state index in [4.69, 9.17) is 14.2 Å². The minimum Gasteiger partial charge on any atom is -0.497 e. The summed E-state index contributed by atoms with van der Waals surface area (Å²) in [4.78, 5) is 27.0. The van der Waals surface area contributed by atoms with Crippen LogP contribution in [0.4, 0.5) is 5.69 Å². The first kappa shape index (κ1) is 20.0. The molecule has 1 saturated heterocycles. The Morgan fingerprint density at radius 1 is 1.31 bits per heavy atom. The molecule has 1 atom stereocenters. The molecule has 0 radical (unpaired) electrons. The first-order valence-corrected chi connectivity index (χ1v) is 8.89. The van der Waals surface area contributed by atoms with E-state index in [1.807, 2.05) is 6.92 Å². The third kappa shape index (κ3) is 4.09. The van der Waals surface area contributed by atoms with Crippen molar-refractivity contribution in [3.8, 4) is 11.5 Å². The number of hydrogen-bond donors (Lipinski definition) is 1. The lowest BCUT2D eigenvalue weighted by Gasteiger charge is -2.34. The van der Waals surface area contributed by atoms with Gasteiger partial charge in [0.25, 0.3) is 0 Å². The molecule has 2 amide bonds. The maximum atomic E-state index is 12.9. The highest BCUT2D eigenvalue weighted by atomic mass is 16.5. The van der Waals surface area contributed by atoms with Gasteiger partial charge in [0, 0.05) is 32.2 Å². The Morgan fingerprint density at radius 3 is 2.73 bits per heavy atom. The first-order chi connectivity index (χ1) is 12.5. The van der Waals surface area contributed by atoms with Gasteiger partial charge in [-0.15, -0.1) is 0 Å². The molecule has 1 N–H and O–H groups in total. The molecule has 1 heterocycles. The average molecular weight is 364 g/mol. The first-order valence-electron chi connectivity index (χ1n) is 8.89. The van der Waals surface area contributed by atoms with E-state index in [1.54, 1.807) is 32.2 Å². The molecule has 1 aromatic carbocycles. The number of benzene rings is 1. The van der Waals surface area contributed by atoms with E-state index in [-0.39, 0.29) is 11.8 Å². The minimum atomic E-state index is -0.970. The molecule has 0 aromatic heterocycles. The second-order valence-corrected chi connectivity index (χ2v) is 6.35. The molecule has 1 aromatic rings. The zero-order valence-corrected chi connectivity index (χ0v) is 16.0. The predicted molar refractivity (Wildman–Crippen MR) is 98.8 cm³/mol. The number of amides is 2. The van der Waals surface area contributed by atoms with Gasteiger partial charge in [-0.25, -0.2) is 0 Å². The monoisotopic (exact) mass is 364 g/mol. The zero-order chi connectivity index (χ0) is 19.2. The van der Waals surface area contributed by atoms with Gasteiger partial charge in [0.1, 0.15) is 17.0 Å². The second kappa shape index (κ2) is 8.89. The van der Waals surface area contributed by atoms with E-state index in [1.165, 1.54) is 12.0 Å². The number of carbonyl (C=O) groups is 2. The van der Waals surface area contributed by atoms with Crippen LogP contribution in [0.25, 0.3) is 0 Å². The fraction of sp³-hybridized carbons (Fsp3) is 0.579. The molecule has 144 valence electrons. The Morgan fingerprint density at radius 2 is 2.08 bits per heavy atom. The number of nitrogens with zero attached hydrogens (tertiary/aromatic N) is 1. The van der Waals surface area contributed by atoms with Gasteiger partial charge in [-0.3, -0.25) is 14.5 Å². The van der Waals surface area contributed by atoms with E-state index in [0.29, 0.717) is 49.8 Å². The fourth-order valence-corrected chi connectivity index (χ4v) is 3.15. The Bertz CT molecular complexity index is 649. The van der Waals surface area contributed by atoms with Gasteiger partial charge < -0.3 is 19.5 Å². The summed E-state index contributed by atoms with van der Waals surface area (Å²) in [5.74, 6) is 0.838. The van der Waals surface area contributed by atoms with Crippen LogP contribution in [0.5, 0.6) is 11.5 Å². The third-order valence-corrected chi connectivity index (χ3v) is 4.64. The van der Waals surface area contributed by atoms with Gasteiger partial charge in [-0.1, -0.05) is 0 Å². The quantitative estimate of drug-likeness (QED) is 0.679. The summed E-state index contributed by atoms with van der Waals surface area (Å²) in [6, 6.07) is 5.22. The lowest BCUT2D eigenvalue weighted by atomic mass is 9.96. The number of ether oxygens (including phenoxy) is 3. The molecule has 7 heteroatoms. The highest BCUT2D eigenvalue weighted by Crippen LogP contribution is 2.41. The van der Waals surface area contributed by atoms with Crippen molar-refractivity contribution in [1.82, 2.24) is 5.32 Å². The number of nitrogens with one attached hydrogen (secondary N) is 1. The molecule has 1 aliphatic heterocycles. The molecule has 1 fully saturated rings. The Hall–Kier alpha value is -2.28. The van der Waals surface area contributed by atoms with Crippen LogP contribution in [0.3, 0.4) is 0 Å². The summed E-state index contributed by atoms with van der Waals surface area (Å²) in [7, 11) is 3.10. The van der Waals surface area contributed by atoms with Crippen LogP contribution in [-0.4, -0.2) is 51.3 Å². The van der Waals surface area contributed by atoms with Gasteiger partial charge >= 0.3 is 0 Å². The van der Waals surface area contributed by atoms with Crippen molar-refractivity contribution in [1.29, 1.82) is 0 Å². The molecule has 0 aliphatic carbocycles. The van der Waals surface area contributed by atoms with E-state index in [9.17, 15) is 9.59 Å². The van der Waals surface area contributed by atoms with E-state index in [0.717, 1.165) is 6.42 Å². The Kier molecular flexibility index (Phi) is 6.85. The summed E-state index contributed by atoms with van der Waals surface area (Å²) in [6.45, 7) is 5.48. The lowest BCUT2D eigenvalue weighted by Crippen LogP contribution is -2.55. The van der Waals surface area contributed by atoms with Crippen LogP contribution in [0.1, 0.15) is 33.1 Å². The summed E-state index contributed by atoms with van der Waals surface area (Å²) in [5, 5.41) is 2.93. The number of anilines is 1. The van der Waals surface area contributed by atoms with Crippen LogP contribution in [0, 0.1) is 0 Å². The molecular weight excluding hydrogens is 336 g/mol. The van der Waals surface area contributed by atoms with Gasteiger partial charge in [0.15, 0.2) is 0 Å². The number of hydrogen-bond acceptors (Lipinski definition) is 5.